The van der Waals surface area contributed by atoms with Crippen LogP contribution in [0.25, 0.3) is 11.0 Å². The lowest BCUT2D eigenvalue weighted by molar-refractivity contribution is 0.573. The van der Waals surface area contributed by atoms with Crippen LogP contribution in [0.15, 0.2) is 54.7 Å². The Balaban J connectivity index is 1.84. The van der Waals surface area contributed by atoms with Crippen molar-refractivity contribution in [3.63, 3.8) is 0 Å². The molecule has 0 bridgehead atoms. The van der Waals surface area contributed by atoms with Crippen molar-refractivity contribution in [1.82, 2.24) is 14.9 Å². The van der Waals surface area contributed by atoms with Crippen LogP contribution in [0.4, 0.5) is 0 Å². The Morgan fingerprint density at radius 3 is 2.50 bits per heavy atom. The fourth-order valence-electron chi connectivity index (χ4n) is 3.82. The van der Waals surface area contributed by atoms with Crippen LogP contribution in [0.5, 0.6) is 0 Å². The van der Waals surface area contributed by atoms with Crippen molar-refractivity contribution >= 4 is 11.0 Å². The first-order chi connectivity index (χ1) is 14.5. The maximum atomic E-state index is 5.70. The highest BCUT2D eigenvalue weighted by Crippen LogP contribution is 2.22. The molecule has 1 heterocycles. The molecular formula is C26H36N4. The molecule has 0 spiro atoms. The van der Waals surface area contributed by atoms with E-state index >= 15 is 0 Å². The minimum atomic E-state index is 0.566. The molecule has 160 valence electrons. The van der Waals surface area contributed by atoms with E-state index in [-0.39, 0.29) is 0 Å². The van der Waals surface area contributed by atoms with Gasteiger partial charge < -0.3 is 15.6 Å². The number of imidazole rings is 1. The summed E-state index contributed by atoms with van der Waals surface area (Å²) in [6.45, 7) is 12.8. The van der Waals surface area contributed by atoms with E-state index < -0.39 is 0 Å². The molecule has 4 heteroatoms. The standard InChI is InChI=1S/C26H36N4/c1-5-6-7-14-30-25-16-22(15-21-8-11-23(12-9-21)19(2)3)10-13-24(25)29-26(30)18-28-17-20(4)27/h8-13,16,19,28H,4-7,14-15,17-18,27H2,1-3H3. The fourth-order valence-corrected chi connectivity index (χ4v) is 3.82. The van der Waals surface area contributed by atoms with Crippen molar-refractivity contribution in [1.29, 1.82) is 0 Å². The van der Waals surface area contributed by atoms with Crippen molar-refractivity contribution in [3.8, 4) is 0 Å². The Kier molecular flexibility index (Phi) is 7.69. The minimum absolute atomic E-state index is 0.566. The number of hydrogen-bond donors (Lipinski definition) is 2. The molecule has 0 atom stereocenters. The predicted octanol–water partition coefficient (Wildman–Crippen LogP) is 5.50. The maximum Gasteiger partial charge on any atom is 0.123 e. The SMILES string of the molecule is C=C(N)CNCc1nc2ccc(Cc3ccc(C(C)C)cc3)cc2n1CCCCC. The summed E-state index contributed by atoms with van der Waals surface area (Å²) < 4.78 is 2.38. The number of hydrogen-bond acceptors (Lipinski definition) is 3. The summed E-state index contributed by atoms with van der Waals surface area (Å²) in [5.74, 6) is 1.64. The van der Waals surface area contributed by atoms with Gasteiger partial charge in [-0.15, -0.1) is 0 Å². The summed E-state index contributed by atoms with van der Waals surface area (Å²) in [6, 6.07) is 15.7. The molecule has 4 nitrogen and oxygen atoms in total. The molecule has 2 aromatic carbocycles. The molecular weight excluding hydrogens is 368 g/mol. The summed E-state index contributed by atoms with van der Waals surface area (Å²) in [5.41, 5.74) is 12.7. The third-order valence-electron chi connectivity index (χ3n) is 5.57. The van der Waals surface area contributed by atoms with Crippen LogP contribution >= 0.6 is 0 Å². The molecule has 0 saturated carbocycles. The van der Waals surface area contributed by atoms with Gasteiger partial charge in [-0.1, -0.05) is 70.5 Å². The number of fused-ring (bicyclic) bond motifs is 1. The van der Waals surface area contributed by atoms with E-state index in [9.17, 15) is 0 Å². The second kappa shape index (κ2) is 10.4. The molecule has 0 radical (unpaired) electrons. The van der Waals surface area contributed by atoms with Crippen LogP contribution in [0.3, 0.4) is 0 Å². The van der Waals surface area contributed by atoms with Gasteiger partial charge in [0.25, 0.3) is 0 Å². The predicted molar refractivity (Wildman–Crippen MR) is 128 cm³/mol. The van der Waals surface area contributed by atoms with Crippen LogP contribution in [0, 0.1) is 0 Å². The Hall–Kier alpha value is -2.59. The van der Waals surface area contributed by atoms with Crippen molar-refractivity contribution in [2.75, 3.05) is 6.54 Å². The van der Waals surface area contributed by atoms with Gasteiger partial charge in [0.15, 0.2) is 0 Å². The Bertz CT molecular complexity index is 967. The Morgan fingerprint density at radius 2 is 1.83 bits per heavy atom. The van der Waals surface area contributed by atoms with Gasteiger partial charge in [-0.2, -0.15) is 0 Å². The zero-order valence-electron chi connectivity index (χ0n) is 18.7. The van der Waals surface area contributed by atoms with E-state index in [1.54, 1.807) is 0 Å². The van der Waals surface area contributed by atoms with Gasteiger partial charge in [-0.3, -0.25) is 0 Å². The van der Waals surface area contributed by atoms with Gasteiger partial charge in [-0.25, -0.2) is 4.98 Å². The zero-order valence-corrected chi connectivity index (χ0v) is 18.7. The van der Waals surface area contributed by atoms with Gasteiger partial charge in [0.05, 0.1) is 17.6 Å². The molecule has 3 rings (SSSR count). The number of nitrogens with zero attached hydrogens (tertiary/aromatic N) is 2. The van der Waals surface area contributed by atoms with Crippen molar-refractivity contribution in [2.24, 2.45) is 5.73 Å². The minimum Gasteiger partial charge on any atom is -0.401 e. The number of aryl methyl sites for hydroxylation is 1. The first-order valence-corrected chi connectivity index (χ1v) is 11.2. The van der Waals surface area contributed by atoms with E-state index in [4.69, 9.17) is 10.7 Å². The molecule has 0 saturated heterocycles. The van der Waals surface area contributed by atoms with Gasteiger partial charge in [0.1, 0.15) is 5.82 Å². The summed E-state index contributed by atoms with van der Waals surface area (Å²) in [4.78, 5) is 4.90. The largest absolute Gasteiger partial charge is 0.401 e. The normalized spacial score (nSPS) is 11.5. The van der Waals surface area contributed by atoms with E-state index in [2.05, 4.69) is 79.7 Å². The summed E-state index contributed by atoms with van der Waals surface area (Å²) >= 11 is 0. The van der Waals surface area contributed by atoms with Crippen LogP contribution in [0.1, 0.15) is 68.5 Å². The Labute approximate surface area is 181 Å². The molecule has 3 aromatic rings. The van der Waals surface area contributed by atoms with Crippen molar-refractivity contribution in [3.05, 3.63) is 77.3 Å². The van der Waals surface area contributed by atoms with Crippen LogP contribution in [-0.4, -0.2) is 16.1 Å². The van der Waals surface area contributed by atoms with Gasteiger partial charge in [0, 0.05) is 18.8 Å². The first kappa shape index (κ1) is 22.1. The summed E-state index contributed by atoms with van der Waals surface area (Å²) in [7, 11) is 0. The molecule has 0 aliphatic rings. The monoisotopic (exact) mass is 404 g/mol. The van der Waals surface area contributed by atoms with Gasteiger partial charge in [0.2, 0.25) is 0 Å². The first-order valence-electron chi connectivity index (χ1n) is 11.2. The van der Waals surface area contributed by atoms with Crippen molar-refractivity contribution < 1.29 is 0 Å². The molecule has 0 amide bonds. The number of rotatable bonds is 11. The van der Waals surface area contributed by atoms with E-state index in [0.29, 0.717) is 24.7 Å². The highest BCUT2D eigenvalue weighted by Gasteiger charge is 2.11. The van der Waals surface area contributed by atoms with E-state index in [1.807, 2.05) is 0 Å². The second-order valence-corrected chi connectivity index (χ2v) is 8.54. The summed E-state index contributed by atoms with van der Waals surface area (Å²) in [5, 5.41) is 3.35. The maximum absolute atomic E-state index is 5.70. The lowest BCUT2D eigenvalue weighted by atomic mass is 9.99. The average molecular weight is 405 g/mol. The average Bonchev–Trinajstić information content (AvgIpc) is 3.05. The van der Waals surface area contributed by atoms with Crippen molar-refractivity contribution in [2.45, 2.75) is 65.5 Å². The number of nitrogens with one attached hydrogen (secondary N) is 1. The number of aromatic nitrogens is 2. The zero-order chi connectivity index (χ0) is 21.5. The molecule has 3 N–H and O–H groups in total. The number of benzene rings is 2. The molecule has 0 aliphatic heterocycles. The molecule has 1 aromatic heterocycles. The van der Waals surface area contributed by atoms with E-state index in [0.717, 1.165) is 24.3 Å². The second-order valence-electron chi connectivity index (χ2n) is 8.54. The topological polar surface area (TPSA) is 55.9 Å². The third-order valence-corrected chi connectivity index (χ3v) is 5.57. The lowest BCUT2D eigenvalue weighted by Crippen LogP contribution is -2.22. The quantitative estimate of drug-likeness (QED) is 0.415. The highest BCUT2D eigenvalue weighted by molar-refractivity contribution is 5.77. The number of nitrogens with two attached hydrogens (primary N) is 1. The number of unbranched alkanes of at least 4 members (excludes halogenated alkanes) is 2. The Morgan fingerprint density at radius 1 is 1.10 bits per heavy atom. The van der Waals surface area contributed by atoms with Crippen LogP contribution in [0.2, 0.25) is 0 Å². The molecule has 0 fully saturated rings. The van der Waals surface area contributed by atoms with E-state index in [1.165, 1.54) is 41.5 Å². The van der Waals surface area contributed by atoms with Crippen LogP contribution in [-0.2, 0) is 19.5 Å². The van der Waals surface area contributed by atoms with Gasteiger partial charge in [-0.05, 0) is 47.6 Å². The van der Waals surface area contributed by atoms with Crippen LogP contribution < -0.4 is 11.1 Å². The fraction of sp³-hybridized carbons (Fsp3) is 0.423. The smallest absolute Gasteiger partial charge is 0.123 e. The lowest BCUT2D eigenvalue weighted by Gasteiger charge is -2.11. The molecule has 30 heavy (non-hydrogen) atoms. The van der Waals surface area contributed by atoms with Gasteiger partial charge >= 0.3 is 0 Å². The molecule has 0 aliphatic carbocycles. The third kappa shape index (κ3) is 5.73. The summed E-state index contributed by atoms with van der Waals surface area (Å²) in [6.07, 6.45) is 4.55. The molecule has 0 unspecified atom stereocenters. The highest BCUT2D eigenvalue weighted by atomic mass is 15.1.